The van der Waals surface area contributed by atoms with Crippen molar-refractivity contribution >= 4 is 18.9 Å². The average molecular weight is 608 g/mol. The van der Waals surface area contributed by atoms with Crippen LogP contribution in [-0.2, 0) is 46.1 Å². The van der Waals surface area contributed by atoms with Crippen LogP contribution in [0.2, 0.25) is 0 Å². The highest BCUT2D eigenvalue weighted by Gasteiger charge is 2.69. The van der Waals surface area contributed by atoms with Gasteiger partial charge in [-0.1, -0.05) is 20.3 Å². The Balaban J connectivity index is 0.918. The summed E-state index contributed by atoms with van der Waals surface area (Å²) in [5.74, 6) is 3.03. The Bertz CT molecular complexity index is 1290. The summed E-state index contributed by atoms with van der Waals surface area (Å²) in [4.78, 5) is 39.1. The molecule has 44 heavy (non-hydrogen) atoms. The van der Waals surface area contributed by atoms with Crippen LogP contribution in [0.15, 0.2) is 24.8 Å². The number of hydrogen-bond acceptors (Lipinski definition) is 7. The van der Waals surface area contributed by atoms with Crippen LogP contribution in [0.1, 0.15) is 83.8 Å². The maximum Gasteiger partial charge on any atom is 0.481 e. The van der Waals surface area contributed by atoms with E-state index >= 15 is 0 Å². The van der Waals surface area contributed by atoms with Gasteiger partial charge in [0.2, 0.25) is 11.8 Å². The molecule has 2 aliphatic heterocycles. The van der Waals surface area contributed by atoms with E-state index in [1.807, 2.05) is 52.9 Å². The van der Waals surface area contributed by atoms with Crippen LogP contribution in [0.25, 0.3) is 0 Å². The van der Waals surface area contributed by atoms with Crippen LogP contribution in [0.5, 0.6) is 0 Å². The van der Waals surface area contributed by atoms with E-state index in [4.69, 9.17) is 9.31 Å². The van der Waals surface area contributed by atoms with Crippen molar-refractivity contribution in [1.82, 2.24) is 34.2 Å². The van der Waals surface area contributed by atoms with Crippen molar-refractivity contribution in [3.63, 3.8) is 0 Å². The molecular weight excluding hydrogens is 557 g/mol. The molecule has 1 N–H and O–H groups in total. The summed E-state index contributed by atoms with van der Waals surface area (Å²) in [7, 11) is 3.65. The molecule has 5 unspecified atom stereocenters. The Hall–Kier alpha value is -2.70. The third-order valence-electron chi connectivity index (χ3n) is 11.3. The third kappa shape index (κ3) is 6.09. The third-order valence-corrected chi connectivity index (χ3v) is 11.3. The van der Waals surface area contributed by atoms with Crippen molar-refractivity contribution in [2.75, 3.05) is 19.6 Å². The lowest BCUT2D eigenvalue weighted by Crippen LogP contribution is -2.65. The number of nitrogens with one attached hydrogen (secondary N) is 1. The molecule has 4 heterocycles. The Morgan fingerprint density at radius 3 is 2.39 bits per heavy atom. The molecule has 2 bridgehead atoms. The van der Waals surface area contributed by atoms with Crippen LogP contribution < -0.4 is 5.32 Å². The first-order chi connectivity index (χ1) is 21.1. The second-order valence-corrected chi connectivity index (χ2v) is 14.3. The molecule has 0 spiro atoms. The minimum Gasteiger partial charge on any atom is -0.404 e. The lowest BCUT2D eigenvalue weighted by atomic mass is 9.43. The molecule has 2 aromatic heterocycles. The highest BCUT2D eigenvalue weighted by molar-refractivity contribution is 6.48. The van der Waals surface area contributed by atoms with Crippen molar-refractivity contribution in [2.45, 2.75) is 103 Å². The Morgan fingerprint density at radius 1 is 1.05 bits per heavy atom. The molecule has 2 saturated heterocycles. The van der Waals surface area contributed by atoms with E-state index in [2.05, 4.69) is 41.0 Å². The molecule has 12 heteroatoms. The molecule has 5 atom stereocenters. The van der Waals surface area contributed by atoms with E-state index in [1.165, 1.54) is 6.42 Å². The van der Waals surface area contributed by atoms with E-state index in [0.717, 1.165) is 69.8 Å². The van der Waals surface area contributed by atoms with Gasteiger partial charge in [-0.25, -0.2) is 9.97 Å². The molecule has 11 nitrogen and oxygen atoms in total. The second-order valence-electron chi connectivity index (χ2n) is 14.3. The van der Waals surface area contributed by atoms with Gasteiger partial charge in [-0.15, -0.1) is 0 Å². The number of aryl methyl sites for hydroxylation is 2. The van der Waals surface area contributed by atoms with Crippen molar-refractivity contribution < 1.29 is 18.9 Å². The second kappa shape index (κ2) is 12.6. The molecule has 240 valence electrons. The number of amides is 2. The molecule has 2 aromatic rings. The molecule has 5 fully saturated rings. The number of unbranched alkanes of at least 4 members (excludes halogenated alkanes) is 2. The van der Waals surface area contributed by atoms with Gasteiger partial charge in [0.05, 0.1) is 37.3 Å². The predicted molar refractivity (Wildman–Crippen MR) is 167 cm³/mol. The van der Waals surface area contributed by atoms with Gasteiger partial charge in [0.1, 0.15) is 11.6 Å². The summed E-state index contributed by atoms with van der Waals surface area (Å²) in [6.07, 6.45) is 14.9. The fourth-order valence-corrected chi connectivity index (χ4v) is 8.32. The molecule has 0 aromatic carbocycles. The molecule has 0 radical (unpaired) electrons. The van der Waals surface area contributed by atoms with Crippen LogP contribution in [-0.4, -0.2) is 85.1 Å². The summed E-state index contributed by atoms with van der Waals surface area (Å²) in [5.41, 5.74) is 0.0132. The largest absolute Gasteiger partial charge is 0.481 e. The van der Waals surface area contributed by atoms with Crippen LogP contribution >= 0.6 is 0 Å². The molecule has 3 aliphatic carbocycles. The maximum atomic E-state index is 13.2. The average Bonchev–Trinajstić information content (AvgIpc) is 3.78. The minimum atomic E-state index is -0.378. The number of carbonyl (C=O) groups excluding carboxylic acids is 2. The molecule has 2 amide bonds. The highest BCUT2D eigenvalue weighted by Crippen LogP contribution is 2.65. The van der Waals surface area contributed by atoms with Crippen molar-refractivity contribution in [1.29, 1.82) is 0 Å². The Kier molecular flexibility index (Phi) is 8.96. The molecule has 3 saturated carbocycles. The molecular formula is C32H50BN7O4. The minimum absolute atomic E-state index is 0.0294. The van der Waals surface area contributed by atoms with E-state index in [0.29, 0.717) is 24.8 Å². The van der Waals surface area contributed by atoms with Gasteiger partial charge < -0.3 is 28.7 Å². The van der Waals surface area contributed by atoms with Gasteiger partial charge in [-0.3, -0.25) is 14.5 Å². The fraction of sp³-hybridized carbons (Fsp3) is 0.750. The number of rotatable bonds is 13. The lowest BCUT2D eigenvalue weighted by Gasteiger charge is -2.64. The summed E-state index contributed by atoms with van der Waals surface area (Å²) in [5, 5.41) is 2.88. The fourth-order valence-electron chi connectivity index (χ4n) is 8.32. The van der Waals surface area contributed by atoms with Crippen LogP contribution in [0.3, 0.4) is 0 Å². The van der Waals surface area contributed by atoms with Gasteiger partial charge >= 0.3 is 7.12 Å². The lowest BCUT2D eigenvalue weighted by molar-refractivity contribution is -0.199. The first kappa shape index (κ1) is 31.3. The van der Waals surface area contributed by atoms with Crippen LogP contribution in [0, 0.1) is 17.3 Å². The van der Waals surface area contributed by atoms with Gasteiger partial charge in [-0.2, -0.15) is 0 Å². The first-order valence-electron chi connectivity index (χ1n) is 16.6. The zero-order valence-corrected chi connectivity index (χ0v) is 27.2. The maximum absolute atomic E-state index is 13.2. The van der Waals surface area contributed by atoms with Crippen LogP contribution in [0.4, 0.5) is 0 Å². The Morgan fingerprint density at radius 2 is 1.75 bits per heavy atom. The van der Waals surface area contributed by atoms with Crippen molar-refractivity contribution in [3.8, 4) is 0 Å². The van der Waals surface area contributed by atoms with E-state index in [9.17, 15) is 9.59 Å². The smallest absolute Gasteiger partial charge is 0.404 e. The zero-order valence-electron chi connectivity index (χ0n) is 27.2. The topological polar surface area (TPSA) is 107 Å². The predicted octanol–water partition coefficient (Wildman–Crippen LogP) is 3.09. The van der Waals surface area contributed by atoms with E-state index in [1.54, 1.807) is 0 Å². The number of hydrogen-bond donors (Lipinski definition) is 1. The van der Waals surface area contributed by atoms with Gasteiger partial charge in [0.25, 0.3) is 0 Å². The number of imidazole rings is 2. The quantitative estimate of drug-likeness (QED) is 0.276. The Labute approximate surface area is 262 Å². The zero-order chi connectivity index (χ0) is 31.1. The monoisotopic (exact) mass is 607 g/mol. The SMILES string of the molecule is Cn1ccnc1CN(CCCCCC(=O)NCC(=O)N1CCCC1B1OC2CC3CC(C3(C)C)C2(C)O1)Cc1nccn1C. The molecule has 5 aliphatic rings. The number of aromatic nitrogens is 4. The summed E-state index contributed by atoms with van der Waals surface area (Å²) in [6, 6.07) is 0. The van der Waals surface area contributed by atoms with Gasteiger partial charge in [0, 0.05) is 51.8 Å². The van der Waals surface area contributed by atoms with Crippen molar-refractivity contribution in [3.05, 3.63) is 36.4 Å². The number of likely N-dealkylation sites (tertiary alicyclic amines) is 1. The summed E-state index contributed by atoms with van der Waals surface area (Å²) >= 11 is 0. The summed E-state index contributed by atoms with van der Waals surface area (Å²) in [6.45, 7) is 10.0. The van der Waals surface area contributed by atoms with E-state index < -0.39 is 0 Å². The molecule has 7 rings (SSSR count). The first-order valence-corrected chi connectivity index (χ1v) is 16.6. The standard InChI is InChI=1S/C32H50BN7O4/c1-31(2)23-18-24(31)32(3)25(19-23)43-33(44-32)26-10-9-15-40(26)30(42)20-36-29(41)11-7-6-8-14-39(21-27-34-12-16-37(27)4)22-28-35-13-17-38(28)5/h12-13,16-17,23-26H,6-11,14-15,18-22H2,1-5H3,(H,36,41). The van der Waals surface area contributed by atoms with Gasteiger partial charge in [-0.05, 0) is 69.2 Å². The van der Waals surface area contributed by atoms with Gasteiger partial charge in [0.15, 0.2) is 0 Å². The van der Waals surface area contributed by atoms with E-state index in [-0.39, 0.29) is 48.5 Å². The highest BCUT2D eigenvalue weighted by atomic mass is 16.7. The van der Waals surface area contributed by atoms with Crippen molar-refractivity contribution in [2.24, 2.45) is 31.3 Å². The number of nitrogens with zero attached hydrogens (tertiary/aromatic N) is 6. The number of carbonyl (C=O) groups is 2. The normalized spacial score (nSPS) is 28.8. The summed E-state index contributed by atoms with van der Waals surface area (Å²) < 4.78 is 17.3.